The van der Waals surface area contributed by atoms with Crippen LogP contribution in [0.5, 0.6) is 0 Å². The summed E-state index contributed by atoms with van der Waals surface area (Å²) >= 11 is 0. The number of aliphatic hydroxyl groups is 1. The van der Waals surface area contributed by atoms with Gasteiger partial charge < -0.3 is 15.4 Å². The first-order valence-electron chi connectivity index (χ1n) is 4.00. The number of aliphatic hydroxyl groups excluding tert-OH is 1. The van der Waals surface area contributed by atoms with Crippen LogP contribution in [0.1, 0.15) is 25.5 Å². The van der Waals surface area contributed by atoms with Gasteiger partial charge in [-0.25, -0.2) is 0 Å². The predicted octanol–water partition coefficient (Wildman–Crippen LogP) is 0.796. The van der Waals surface area contributed by atoms with E-state index < -0.39 is 11.6 Å². The molecular formula is C9H16N2O. The van der Waals surface area contributed by atoms with Crippen LogP contribution in [0.4, 0.5) is 0 Å². The van der Waals surface area contributed by atoms with E-state index in [1.165, 1.54) is 0 Å². The standard InChI is InChI=1S/C9H16N2O/c1-9(2,10)8(12)7-4-5-11(3)6-7/h4-6,8,12H,10H2,1-3H3. The van der Waals surface area contributed by atoms with E-state index in [1.54, 1.807) is 0 Å². The number of nitrogens with zero attached hydrogens (tertiary/aromatic N) is 1. The van der Waals surface area contributed by atoms with Gasteiger partial charge in [-0.2, -0.15) is 0 Å². The fourth-order valence-electron chi connectivity index (χ4n) is 1.12. The topological polar surface area (TPSA) is 51.2 Å². The van der Waals surface area contributed by atoms with Crippen LogP contribution in [0.25, 0.3) is 0 Å². The second-order valence-corrected chi connectivity index (χ2v) is 3.83. The third-order valence-corrected chi connectivity index (χ3v) is 1.88. The van der Waals surface area contributed by atoms with E-state index in [2.05, 4.69) is 0 Å². The lowest BCUT2D eigenvalue weighted by Crippen LogP contribution is -2.39. The highest BCUT2D eigenvalue weighted by atomic mass is 16.3. The van der Waals surface area contributed by atoms with Gasteiger partial charge in [-0.05, 0) is 25.5 Å². The van der Waals surface area contributed by atoms with Crippen molar-refractivity contribution in [3.05, 3.63) is 24.0 Å². The summed E-state index contributed by atoms with van der Waals surface area (Å²) in [5.41, 5.74) is 6.04. The van der Waals surface area contributed by atoms with Gasteiger partial charge in [-0.1, -0.05) is 0 Å². The summed E-state index contributed by atoms with van der Waals surface area (Å²) in [4.78, 5) is 0. The summed E-state index contributed by atoms with van der Waals surface area (Å²) in [6.07, 6.45) is 3.17. The van der Waals surface area contributed by atoms with Crippen LogP contribution in [-0.2, 0) is 7.05 Å². The van der Waals surface area contributed by atoms with Gasteiger partial charge in [0.2, 0.25) is 0 Å². The lowest BCUT2D eigenvalue weighted by molar-refractivity contribution is 0.104. The van der Waals surface area contributed by atoms with E-state index in [-0.39, 0.29) is 0 Å². The lowest BCUT2D eigenvalue weighted by atomic mass is 9.94. The molecule has 0 aliphatic heterocycles. The van der Waals surface area contributed by atoms with Crippen LogP contribution in [-0.4, -0.2) is 15.2 Å². The molecule has 0 aliphatic rings. The Balaban J connectivity index is 2.85. The second-order valence-electron chi connectivity index (χ2n) is 3.83. The third-order valence-electron chi connectivity index (χ3n) is 1.88. The Kier molecular flexibility index (Phi) is 2.26. The van der Waals surface area contributed by atoms with E-state index >= 15 is 0 Å². The van der Waals surface area contributed by atoms with Crippen molar-refractivity contribution in [1.29, 1.82) is 0 Å². The fraction of sp³-hybridized carbons (Fsp3) is 0.556. The maximum Gasteiger partial charge on any atom is 0.0978 e. The minimum atomic E-state index is -0.598. The second kappa shape index (κ2) is 2.92. The highest BCUT2D eigenvalue weighted by molar-refractivity contribution is 5.16. The molecule has 0 radical (unpaired) electrons. The first-order valence-corrected chi connectivity index (χ1v) is 4.00. The molecule has 1 atom stereocenters. The van der Waals surface area contributed by atoms with Crippen molar-refractivity contribution < 1.29 is 5.11 Å². The Morgan fingerprint density at radius 1 is 1.58 bits per heavy atom. The Morgan fingerprint density at radius 3 is 2.50 bits per heavy atom. The van der Waals surface area contributed by atoms with Crippen LogP contribution < -0.4 is 5.73 Å². The molecule has 0 saturated heterocycles. The average Bonchev–Trinajstić information content (AvgIpc) is 2.32. The van der Waals surface area contributed by atoms with Crippen LogP contribution >= 0.6 is 0 Å². The zero-order valence-electron chi connectivity index (χ0n) is 7.78. The van der Waals surface area contributed by atoms with Crippen molar-refractivity contribution >= 4 is 0 Å². The van der Waals surface area contributed by atoms with E-state index in [4.69, 9.17) is 5.73 Å². The molecule has 0 fully saturated rings. The molecule has 0 aromatic carbocycles. The summed E-state index contributed by atoms with van der Waals surface area (Å²) in [5.74, 6) is 0. The van der Waals surface area contributed by atoms with Gasteiger partial charge in [0.1, 0.15) is 0 Å². The first kappa shape index (κ1) is 9.29. The van der Waals surface area contributed by atoms with Crippen LogP contribution in [0.3, 0.4) is 0 Å². The quantitative estimate of drug-likeness (QED) is 0.686. The van der Waals surface area contributed by atoms with Crippen LogP contribution in [0, 0.1) is 0 Å². The van der Waals surface area contributed by atoms with Crippen molar-refractivity contribution in [2.45, 2.75) is 25.5 Å². The number of rotatable bonds is 2. The molecule has 3 heteroatoms. The first-order chi connectivity index (χ1) is 5.41. The van der Waals surface area contributed by atoms with E-state index in [0.717, 1.165) is 5.56 Å². The number of hydrogen-bond donors (Lipinski definition) is 2. The SMILES string of the molecule is Cn1ccc(C(O)C(C)(C)N)c1. The monoisotopic (exact) mass is 168 g/mol. The number of aromatic nitrogens is 1. The number of aryl methyl sites for hydroxylation is 1. The van der Waals surface area contributed by atoms with Gasteiger partial charge >= 0.3 is 0 Å². The molecule has 0 spiro atoms. The number of hydrogen-bond acceptors (Lipinski definition) is 2. The Hall–Kier alpha value is -0.800. The van der Waals surface area contributed by atoms with Gasteiger partial charge in [0.05, 0.1) is 6.10 Å². The average molecular weight is 168 g/mol. The van der Waals surface area contributed by atoms with Gasteiger partial charge in [-0.3, -0.25) is 0 Å². The van der Waals surface area contributed by atoms with E-state index in [9.17, 15) is 5.11 Å². The largest absolute Gasteiger partial charge is 0.386 e. The third kappa shape index (κ3) is 1.87. The molecular weight excluding hydrogens is 152 g/mol. The number of nitrogens with two attached hydrogens (primary N) is 1. The van der Waals surface area contributed by atoms with Gasteiger partial charge in [0.25, 0.3) is 0 Å². The van der Waals surface area contributed by atoms with Crippen molar-refractivity contribution in [1.82, 2.24) is 4.57 Å². The molecule has 3 nitrogen and oxygen atoms in total. The fourth-order valence-corrected chi connectivity index (χ4v) is 1.12. The van der Waals surface area contributed by atoms with Crippen molar-refractivity contribution in [2.75, 3.05) is 0 Å². The summed E-state index contributed by atoms with van der Waals surface area (Å²) in [6, 6.07) is 1.87. The predicted molar refractivity (Wildman–Crippen MR) is 48.6 cm³/mol. The van der Waals surface area contributed by atoms with Crippen molar-refractivity contribution in [3.63, 3.8) is 0 Å². The van der Waals surface area contributed by atoms with Crippen LogP contribution in [0.2, 0.25) is 0 Å². The molecule has 0 bridgehead atoms. The molecule has 0 aliphatic carbocycles. The Labute approximate surface area is 72.8 Å². The summed E-state index contributed by atoms with van der Waals surface area (Å²) in [5, 5.41) is 9.73. The molecule has 1 aromatic heterocycles. The minimum Gasteiger partial charge on any atom is -0.386 e. The zero-order valence-corrected chi connectivity index (χ0v) is 7.78. The van der Waals surface area contributed by atoms with Crippen LogP contribution in [0.15, 0.2) is 18.5 Å². The van der Waals surface area contributed by atoms with Gasteiger partial charge in [0, 0.05) is 25.0 Å². The molecule has 0 saturated carbocycles. The molecule has 68 valence electrons. The molecule has 12 heavy (non-hydrogen) atoms. The summed E-state index contributed by atoms with van der Waals surface area (Å²) in [6.45, 7) is 3.62. The summed E-state index contributed by atoms with van der Waals surface area (Å²) < 4.78 is 1.89. The van der Waals surface area contributed by atoms with E-state index in [1.807, 2.05) is 43.9 Å². The highest BCUT2D eigenvalue weighted by Crippen LogP contribution is 2.22. The maximum absolute atomic E-state index is 9.73. The highest BCUT2D eigenvalue weighted by Gasteiger charge is 2.24. The molecule has 1 rings (SSSR count). The molecule has 1 unspecified atom stereocenters. The molecule has 3 N–H and O–H groups in total. The smallest absolute Gasteiger partial charge is 0.0978 e. The van der Waals surface area contributed by atoms with Crippen molar-refractivity contribution in [3.8, 4) is 0 Å². The van der Waals surface area contributed by atoms with Crippen molar-refractivity contribution in [2.24, 2.45) is 12.8 Å². The Morgan fingerprint density at radius 2 is 2.17 bits per heavy atom. The van der Waals surface area contributed by atoms with Gasteiger partial charge in [-0.15, -0.1) is 0 Å². The van der Waals surface area contributed by atoms with Gasteiger partial charge in [0.15, 0.2) is 0 Å². The minimum absolute atomic E-state index is 0.582. The summed E-state index contributed by atoms with van der Waals surface area (Å²) in [7, 11) is 1.92. The lowest BCUT2D eigenvalue weighted by Gasteiger charge is -2.24. The Bertz CT molecular complexity index is 260. The van der Waals surface area contributed by atoms with E-state index in [0.29, 0.717) is 0 Å². The maximum atomic E-state index is 9.73. The molecule has 1 heterocycles. The zero-order chi connectivity index (χ0) is 9.35. The molecule has 0 amide bonds. The normalized spacial score (nSPS) is 14.8. The molecule has 1 aromatic rings.